The topological polar surface area (TPSA) is 0 Å². The monoisotopic (exact) mass is 980 g/mol. The van der Waals surface area contributed by atoms with Gasteiger partial charge in [0.05, 0.1) is 16.1 Å². The van der Waals surface area contributed by atoms with Gasteiger partial charge in [-0.15, -0.1) is 0 Å². The van der Waals surface area contributed by atoms with E-state index in [1.165, 1.54) is 26.2 Å². The molecule has 7 aliphatic heterocycles. The van der Waals surface area contributed by atoms with Gasteiger partial charge in [0, 0.05) is 77.4 Å². The molecule has 0 bridgehead atoms. The molecule has 7 saturated heterocycles. The normalized spacial score (nSPS) is 53.1. The average molecular weight is 981 g/mol. The molecule has 7 aliphatic rings. The SMILES string of the molecule is CCC1CC[Si](C)(C)C1.[2H]C([2H])(C)C1CCC[Si]1(C([2H])([2H])[2H])C([2H])([2H])[2H].[2H]C([2H])(C)C1CC[Si](C)(C([2H])([2H])[2H])C1.[2H]C([2H])([2H])[Si]1(C)CCC(CC)C1.[2H]C([2H])([2H])[Si]1(C)CCC[C@@]1([2H])C.[2H]C([2H])([2H])[Si]1(C)CC[C@@H](C)C1.[2H]C([2H])([2H])[Si]1(C)CC[C@@]([2H])(C)C1. The van der Waals surface area contributed by atoms with Crippen LogP contribution in [0.4, 0.5) is 0 Å². The first-order valence-electron chi connectivity index (χ1n) is 38.2. The lowest BCUT2D eigenvalue weighted by Gasteiger charge is -2.22. The third kappa shape index (κ3) is 24.9. The highest BCUT2D eigenvalue weighted by molar-refractivity contribution is 6.80. The van der Waals surface area contributed by atoms with Crippen LogP contribution in [-0.4, -0.2) is 56.5 Å². The Bertz CT molecular complexity index is 2090. The lowest BCUT2D eigenvalue weighted by atomic mass is 10.1. The first-order chi connectivity index (χ1) is 38.2. The summed E-state index contributed by atoms with van der Waals surface area (Å²) in [5.41, 5.74) is -1.45. The Kier molecular flexibility index (Phi) is 12.8. The zero-order valence-electron chi connectivity index (χ0n) is 69.2. The first-order valence-corrected chi connectivity index (χ1v) is 44.7. The fourth-order valence-corrected chi connectivity index (χ4v) is 29.8. The molecular weight excluding hydrogens is 833 g/mol. The van der Waals surface area contributed by atoms with Crippen molar-refractivity contribution < 1.29 is 37.0 Å². The zero-order valence-corrected chi connectivity index (χ0v) is 49.2. The molecule has 0 aromatic carbocycles. The summed E-state index contributed by atoms with van der Waals surface area (Å²) in [5.74, 6) is 1.97. The van der Waals surface area contributed by atoms with E-state index in [1.807, 2.05) is 33.1 Å². The minimum Gasteiger partial charge on any atom is -0.0693 e. The van der Waals surface area contributed by atoms with Gasteiger partial charge < -0.3 is 0 Å². The van der Waals surface area contributed by atoms with E-state index >= 15 is 0 Å². The highest BCUT2D eigenvalue weighted by atomic mass is 28.3. The molecule has 7 rings (SSSR count). The quantitative estimate of drug-likeness (QED) is 0.246. The predicted molar refractivity (Wildman–Crippen MR) is 305 cm³/mol. The van der Waals surface area contributed by atoms with Crippen LogP contribution in [0, 0.1) is 29.6 Å². The van der Waals surface area contributed by atoms with Crippen LogP contribution >= 0.6 is 0 Å². The van der Waals surface area contributed by atoms with Gasteiger partial charge in [-0.3, -0.25) is 0 Å². The number of hydrogen-bond donors (Lipinski definition) is 0. The molecule has 12 atom stereocenters. The van der Waals surface area contributed by atoms with Gasteiger partial charge >= 0.3 is 0 Å². The summed E-state index contributed by atoms with van der Waals surface area (Å²) in [6.07, 6.45) is 7.62. The molecule has 9 unspecified atom stereocenters. The molecule has 0 N–H and O–H groups in total. The molecule has 7 fully saturated rings. The summed E-state index contributed by atoms with van der Waals surface area (Å²) in [6.45, 7) is 14.3. The smallest absolute Gasteiger partial charge is 0.0504 e. The molecule has 0 spiro atoms. The largest absolute Gasteiger partial charge is 0.0693 e. The van der Waals surface area contributed by atoms with E-state index in [-0.39, 0.29) is 12.0 Å². The van der Waals surface area contributed by atoms with Crippen molar-refractivity contribution in [1.29, 1.82) is 0 Å². The second-order valence-electron chi connectivity index (χ2n) is 23.3. The van der Waals surface area contributed by atoms with Crippen molar-refractivity contribution in [3.63, 3.8) is 0 Å². The van der Waals surface area contributed by atoms with Gasteiger partial charge in [-0.2, -0.15) is 0 Å². The van der Waals surface area contributed by atoms with Crippen LogP contribution in [0.5, 0.6) is 0 Å². The Morgan fingerprint density at radius 1 is 0.433 bits per heavy atom. The number of hydrogen-bond acceptors (Lipinski definition) is 0. The summed E-state index contributed by atoms with van der Waals surface area (Å²) in [4.78, 5) is 0. The fraction of sp³-hybridized carbons (Fsp3) is 1.00. The standard InChI is InChI=1S/4C8H18Si.3C7H16Si/c3*1-4-8-5-6-9(2,3)7-8;1-4-8-6-5-7-9(8,2)3;2*1-7-4-5-8(2,3)6-7;1-7-5-4-6-8(7,2)3/h4*8H,4-7H2,1-3H3;3*7H,4-6H2,1-3H3/t;;;;3*7-/m....111/s1/i2D3,4D2;2D3;;2D3,3D3,4D2;2D3,7D;2D3;2D3,7D/t;;;;3*7-,8?. The molecular formula is C53H120Si7. The van der Waals surface area contributed by atoms with E-state index in [1.54, 1.807) is 25.9 Å². The van der Waals surface area contributed by atoms with Crippen molar-refractivity contribution in [2.24, 2.45) is 29.6 Å². The molecule has 0 radical (unpaired) electrons. The van der Waals surface area contributed by atoms with E-state index in [9.17, 15) is 0 Å². The molecule has 7 heterocycles. The second-order valence-corrected chi connectivity index (χ2v) is 51.8. The summed E-state index contributed by atoms with van der Waals surface area (Å²) in [6, 6.07) is 11.0. The molecule has 7 heteroatoms. The average Bonchev–Trinajstić information content (AvgIpc) is 2.61. The fourth-order valence-electron chi connectivity index (χ4n) is 10.6. The van der Waals surface area contributed by atoms with Crippen molar-refractivity contribution in [2.75, 3.05) is 0 Å². The lowest BCUT2D eigenvalue weighted by Crippen LogP contribution is -2.25. The lowest BCUT2D eigenvalue weighted by molar-refractivity contribution is 0.569. The maximum atomic E-state index is 8.00. The molecule has 0 aliphatic carbocycles. The third-order valence-corrected chi connectivity index (χ3v) is 36.3. The predicted octanol–water partition coefficient (Wildman–Crippen LogP) is 21.0. The van der Waals surface area contributed by atoms with Crippen molar-refractivity contribution in [2.45, 2.75) is 307 Å². The van der Waals surface area contributed by atoms with Crippen molar-refractivity contribution in [1.82, 2.24) is 0 Å². The molecule has 0 saturated carbocycles. The van der Waals surface area contributed by atoms with Crippen LogP contribution in [0.1, 0.15) is 169 Å². The first kappa shape index (κ1) is 28.8. The van der Waals surface area contributed by atoms with E-state index in [4.69, 9.17) is 37.0 Å². The van der Waals surface area contributed by atoms with Crippen LogP contribution in [-0.2, 0) is 0 Å². The minimum atomic E-state index is -3.68. The van der Waals surface area contributed by atoms with Crippen molar-refractivity contribution in [3.05, 3.63) is 0 Å². The van der Waals surface area contributed by atoms with Crippen LogP contribution < -0.4 is 0 Å². The Morgan fingerprint density at radius 2 is 0.867 bits per heavy atom. The molecule has 360 valence electrons. The van der Waals surface area contributed by atoms with Gasteiger partial charge in [0.1, 0.15) is 0 Å². The Balaban J connectivity index is 0.000000511. The van der Waals surface area contributed by atoms with Crippen LogP contribution in [0.15, 0.2) is 0 Å². The highest BCUT2D eigenvalue weighted by Crippen LogP contribution is 2.42. The van der Waals surface area contributed by atoms with Gasteiger partial charge in [0.25, 0.3) is 0 Å². The van der Waals surface area contributed by atoms with Crippen LogP contribution in [0.25, 0.3) is 0 Å². The van der Waals surface area contributed by atoms with Crippen molar-refractivity contribution in [3.8, 4) is 0 Å². The van der Waals surface area contributed by atoms with Gasteiger partial charge in [-0.05, 0) is 40.6 Å². The molecule has 0 amide bonds. The molecule has 0 aromatic rings. The van der Waals surface area contributed by atoms with E-state index < -0.39 is 132 Å². The van der Waals surface area contributed by atoms with Gasteiger partial charge in [-0.1, -0.05) is 296 Å². The Hall–Kier alpha value is 1.52. The zero-order chi connectivity index (χ0) is 69.2. The molecule has 0 aromatic heterocycles. The summed E-state index contributed by atoms with van der Waals surface area (Å²) in [5, 5.41) is 0. The number of rotatable bonds is 4. The van der Waals surface area contributed by atoms with Gasteiger partial charge in [0.15, 0.2) is 0 Å². The van der Waals surface area contributed by atoms with Crippen LogP contribution in [0.2, 0.25) is 175 Å². The highest BCUT2D eigenvalue weighted by Gasteiger charge is 2.36. The maximum Gasteiger partial charge on any atom is 0.0504 e. The second kappa shape index (κ2) is 26.8. The van der Waals surface area contributed by atoms with E-state index in [0.717, 1.165) is 86.8 Å². The Morgan fingerprint density at radius 3 is 1.13 bits per heavy atom. The maximum absolute atomic E-state index is 8.00. The molecule has 60 heavy (non-hydrogen) atoms. The van der Waals surface area contributed by atoms with Gasteiger partial charge in [0.2, 0.25) is 0 Å². The summed E-state index contributed by atoms with van der Waals surface area (Å²) >= 11 is 0. The summed E-state index contributed by atoms with van der Waals surface area (Å²) < 4.78 is 204. The summed E-state index contributed by atoms with van der Waals surface area (Å²) in [7, 11) is -14.7. The molecule has 0 nitrogen and oxygen atoms in total. The van der Waals surface area contributed by atoms with Crippen molar-refractivity contribution >= 4 is 56.5 Å². The van der Waals surface area contributed by atoms with E-state index in [0.29, 0.717) is 36.8 Å². The minimum absolute atomic E-state index is 0.0420. The van der Waals surface area contributed by atoms with E-state index in [2.05, 4.69) is 40.4 Å². The third-order valence-electron chi connectivity index (χ3n) is 15.2. The van der Waals surface area contributed by atoms with Gasteiger partial charge in [-0.25, -0.2) is 0 Å². The van der Waals surface area contributed by atoms with Crippen LogP contribution in [0.3, 0.4) is 0 Å². The Labute approximate surface area is 428 Å².